The zero-order valence-electron chi connectivity index (χ0n) is 69.5. The molecule has 1 N–H and O–H groups in total. The van der Waals surface area contributed by atoms with Crippen LogP contribution in [0.5, 0.6) is 80.5 Å². The first-order chi connectivity index (χ1) is 65.3. The van der Waals surface area contributed by atoms with Gasteiger partial charge >= 0.3 is 89.5 Å². The number of benzene rings is 15. The largest absolute Gasteiger partial charge is 0.478 e. The van der Waals surface area contributed by atoms with Gasteiger partial charge in [0.1, 0.15) is 80.5 Å². The van der Waals surface area contributed by atoms with Gasteiger partial charge in [0, 0.05) is 42.5 Å². The lowest BCUT2D eigenvalue weighted by Gasteiger charge is -2.14. The van der Waals surface area contributed by atoms with E-state index in [1.165, 1.54) is 97.1 Å². The lowest BCUT2D eigenvalue weighted by atomic mass is 10.1. The van der Waals surface area contributed by atoms with E-state index in [0.717, 1.165) is 127 Å². The van der Waals surface area contributed by atoms with E-state index in [2.05, 4.69) is 0 Å². The van der Waals surface area contributed by atoms with Crippen molar-refractivity contribution < 1.29 is 143 Å². The Hall–Kier alpha value is -19.6. The van der Waals surface area contributed by atoms with E-state index in [1.54, 1.807) is 146 Å². The van der Waals surface area contributed by atoms with E-state index in [0.29, 0.717) is 0 Å². The maximum atomic E-state index is 15.0. The maximum absolute atomic E-state index is 15.0. The molecule has 0 fully saturated rings. The lowest BCUT2D eigenvalue weighted by Crippen LogP contribution is -2.16. The number of rotatable bonds is 29. The van der Waals surface area contributed by atoms with E-state index < -0.39 is 163 Å². The van der Waals surface area contributed by atoms with E-state index in [-0.39, 0.29) is 90.5 Å². The maximum Gasteiger partial charge on any atom is 0.343 e. The SMILES string of the molecule is O=C(O)c1cc(OC(=O)c2cc(OC(=O)c3cc(OC(=O)c4ccccc4)cc(OC(=O)c4ccccc4)c3)cc(OC(=O)c3cc(OC(=O)c4ccccc4)cc(OC(=O)c4ccccc4)c3)c2)cc(OC(=O)c2cc(OC(=O)c3cc(OC(=O)c4ccccc4)cc(OC(=O)c4ccccc4)c3)cc(OC(=O)c3cc(OC(=O)c4ccccc4)cc(OC(=O)c4ccccc4)c3)c2)c1. The number of esters is 14. The molecule has 0 atom stereocenters. The van der Waals surface area contributed by atoms with Crippen LogP contribution < -0.4 is 66.3 Å². The van der Waals surface area contributed by atoms with Gasteiger partial charge in [0.05, 0.1) is 83.5 Å². The second kappa shape index (κ2) is 41.9. The molecule has 15 aromatic carbocycles. The first-order valence-electron chi connectivity index (χ1n) is 40.2. The van der Waals surface area contributed by atoms with Crippen molar-refractivity contribution in [1.29, 1.82) is 0 Å². The number of ether oxygens (including phenoxy) is 14. The monoisotopic (exact) mass is 1800 g/mol. The second-order valence-corrected chi connectivity index (χ2v) is 28.5. The van der Waals surface area contributed by atoms with Crippen LogP contribution in [0.2, 0.25) is 0 Å². The van der Waals surface area contributed by atoms with Crippen LogP contribution in [0.3, 0.4) is 0 Å². The highest BCUT2D eigenvalue weighted by Gasteiger charge is 2.29. The molecular weight excluding hydrogens is 1740 g/mol. The minimum absolute atomic E-state index is 0.0711. The summed E-state index contributed by atoms with van der Waals surface area (Å²) in [5.74, 6) is -24.0. The Morgan fingerprint density at radius 2 is 0.207 bits per heavy atom. The molecule has 0 unspecified atom stereocenters. The van der Waals surface area contributed by atoms with Gasteiger partial charge in [-0.05, 0) is 182 Å². The quantitative estimate of drug-likeness (QED) is 0.0336. The fourth-order valence-electron chi connectivity index (χ4n) is 12.6. The molecule has 0 aliphatic heterocycles. The van der Waals surface area contributed by atoms with Gasteiger partial charge in [-0.25, -0.2) is 71.9 Å². The molecule has 0 saturated carbocycles. The van der Waals surface area contributed by atoms with Gasteiger partial charge < -0.3 is 71.4 Å². The van der Waals surface area contributed by atoms with Crippen LogP contribution in [-0.4, -0.2) is 94.6 Å². The molecule has 30 nitrogen and oxygen atoms in total. The molecule has 15 aromatic rings. The molecule has 0 aliphatic carbocycles. The van der Waals surface area contributed by atoms with Crippen molar-refractivity contribution in [3.8, 4) is 80.5 Å². The molecule has 135 heavy (non-hydrogen) atoms. The van der Waals surface area contributed by atoms with Crippen molar-refractivity contribution in [2.45, 2.75) is 0 Å². The van der Waals surface area contributed by atoms with Gasteiger partial charge in [-0.1, -0.05) is 146 Å². The highest BCUT2D eigenvalue weighted by molar-refractivity contribution is 6.02. The summed E-state index contributed by atoms with van der Waals surface area (Å²) in [6, 6.07) is 81.9. The van der Waals surface area contributed by atoms with Crippen molar-refractivity contribution >= 4 is 89.5 Å². The third kappa shape index (κ3) is 24.2. The van der Waals surface area contributed by atoms with Crippen molar-refractivity contribution in [3.63, 3.8) is 0 Å². The summed E-state index contributed by atoms with van der Waals surface area (Å²) in [5, 5.41) is 10.6. The molecule has 662 valence electrons. The van der Waals surface area contributed by atoms with Gasteiger partial charge in [0.15, 0.2) is 0 Å². The normalized spacial score (nSPS) is 10.5. The Bertz CT molecular complexity index is 6080. The van der Waals surface area contributed by atoms with Crippen LogP contribution in [0.4, 0.5) is 0 Å². The molecule has 0 aliphatic rings. The molecule has 0 radical (unpaired) electrons. The van der Waals surface area contributed by atoms with E-state index >= 15 is 0 Å². The van der Waals surface area contributed by atoms with Crippen molar-refractivity contribution in [2.75, 3.05) is 0 Å². The number of hydrogen-bond donors (Lipinski definition) is 1. The van der Waals surface area contributed by atoms with Crippen molar-refractivity contribution in [2.24, 2.45) is 0 Å². The van der Waals surface area contributed by atoms with Gasteiger partial charge in [-0.3, -0.25) is 0 Å². The molecule has 0 saturated heterocycles. The smallest absolute Gasteiger partial charge is 0.343 e. The predicted molar refractivity (Wildman–Crippen MR) is 473 cm³/mol. The lowest BCUT2D eigenvalue weighted by molar-refractivity contribution is 0.0678. The molecule has 15 rings (SSSR count). The van der Waals surface area contributed by atoms with Gasteiger partial charge in [-0.2, -0.15) is 0 Å². The number of carbonyl (C=O) groups excluding carboxylic acids is 14. The van der Waals surface area contributed by atoms with Gasteiger partial charge in [0.2, 0.25) is 0 Å². The van der Waals surface area contributed by atoms with Crippen LogP contribution in [-0.2, 0) is 0 Å². The van der Waals surface area contributed by atoms with Crippen LogP contribution in [0.1, 0.15) is 155 Å². The van der Waals surface area contributed by atoms with Crippen LogP contribution in [0.15, 0.2) is 370 Å². The first kappa shape index (κ1) is 90.1. The summed E-state index contributed by atoms with van der Waals surface area (Å²) in [6.45, 7) is 0. The minimum atomic E-state index is -1.72. The zero-order valence-corrected chi connectivity index (χ0v) is 69.5. The Kier molecular flexibility index (Phi) is 28.0. The summed E-state index contributed by atoms with van der Waals surface area (Å²) in [6.07, 6.45) is 0. The number of aromatic carboxylic acids is 1. The van der Waals surface area contributed by atoms with Crippen LogP contribution >= 0.6 is 0 Å². The molecule has 0 aromatic heterocycles. The molecule has 30 heteroatoms. The minimum Gasteiger partial charge on any atom is -0.478 e. The predicted octanol–water partition coefficient (Wildman–Crippen LogP) is 18.5. The van der Waals surface area contributed by atoms with Gasteiger partial charge in [0.25, 0.3) is 0 Å². The molecule has 0 heterocycles. The van der Waals surface area contributed by atoms with Crippen LogP contribution in [0, 0.1) is 0 Å². The third-order valence-corrected chi connectivity index (χ3v) is 18.8. The summed E-state index contributed by atoms with van der Waals surface area (Å²) >= 11 is 0. The Balaban J connectivity index is 0.772. The number of carboxylic acids is 1. The topological polar surface area (TPSA) is 406 Å². The standard InChI is InChI=1S/C105H62O30/c106-91(107)70-41-77(130-100(116)75-51-87(132-102(118)71-43-79(122-92(108)62-25-9-1-10-26-62)56-80(44-71)123-93(109)63-27-11-2-12-28-63)60-88(52-75)133-103(119)72-45-81(124-94(110)64-29-13-3-14-30-64)57-82(46-72)125-95(111)65-31-15-4-16-32-65)55-78(42-70)131-101(117)76-53-89(134-104(120)73-47-83(126-96(112)66-33-17-5-18-34-66)58-84(48-73)127-97(113)67-35-19-6-20-36-67)61-90(54-76)135-105(121)74-49-85(128-98(114)68-37-21-7-22-38-68)59-86(50-74)129-99(115)69-39-23-8-24-40-69/h1-61H,(H,106,107). The number of carboxylic acid groups (broad SMARTS) is 1. The molecule has 0 amide bonds. The fourth-order valence-corrected chi connectivity index (χ4v) is 12.6. The summed E-state index contributed by atoms with van der Waals surface area (Å²) < 4.78 is 80.3. The first-order valence-corrected chi connectivity index (χ1v) is 40.2. The van der Waals surface area contributed by atoms with E-state index in [9.17, 15) is 77.0 Å². The highest BCUT2D eigenvalue weighted by atomic mass is 16.6. The Morgan fingerprint density at radius 1 is 0.119 bits per heavy atom. The fraction of sp³-hybridized carbons (Fsp3) is 0. The van der Waals surface area contributed by atoms with E-state index in [1.807, 2.05) is 0 Å². The summed E-state index contributed by atoms with van der Waals surface area (Å²) in [7, 11) is 0. The average Bonchev–Trinajstić information content (AvgIpc) is 0.817. The second-order valence-electron chi connectivity index (χ2n) is 28.5. The Morgan fingerprint density at radius 3 is 0.304 bits per heavy atom. The van der Waals surface area contributed by atoms with Gasteiger partial charge in [-0.15, -0.1) is 0 Å². The summed E-state index contributed by atoms with van der Waals surface area (Å²) in [4.78, 5) is 210. The van der Waals surface area contributed by atoms with Crippen molar-refractivity contribution in [1.82, 2.24) is 0 Å². The summed E-state index contributed by atoms with van der Waals surface area (Å²) in [5.41, 5.74) is -3.38. The van der Waals surface area contributed by atoms with Crippen molar-refractivity contribution in [3.05, 3.63) is 454 Å². The average molecular weight is 1800 g/mol. The number of carbonyl (C=O) groups is 15. The molecule has 0 spiro atoms. The zero-order chi connectivity index (χ0) is 94.4. The Labute approximate surface area is 763 Å². The van der Waals surface area contributed by atoms with E-state index in [4.69, 9.17) is 66.3 Å². The highest BCUT2D eigenvalue weighted by Crippen LogP contribution is 2.36. The third-order valence-electron chi connectivity index (χ3n) is 18.8. The number of hydrogen-bond acceptors (Lipinski definition) is 29. The molecule has 0 bridgehead atoms. The molecular formula is C105H62O30. The van der Waals surface area contributed by atoms with Crippen LogP contribution in [0.25, 0.3) is 0 Å².